The summed E-state index contributed by atoms with van der Waals surface area (Å²) in [5.74, 6) is -0.635. The zero-order valence-electron chi connectivity index (χ0n) is 14.1. The van der Waals surface area contributed by atoms with Gasteiger partial charge in [0.05, 0.1) is 12.0 Å². The van der Waals surface area contributed by atoms with E-state index >= 15 is 0 Å². The Bertz CT molecular complexity index is 919. The van der Waals surface area contributed by atoms with E-state index in [1.165, 1.54) is 25.3 Å². The van der Waals surface area contributed by atoms with Crippen LogP contribution in [0.1, 0.15) is 34.5 Å². The molecule has 0 unspecified atom stereocenters. The molecule has 1 fully saturated rings. The number of hydrogen-bond acceptors (Lipinski definition) is 5. The maximum atomic E-state index is 13.2. The molecule has 6 nitrogen and oxygen atoms in total. The fourth-order valence-electron chi connectivity index (χ4n) is 3.12. The number of halogens is 1. The zero-order valence-corrected chi connectivity index (χ0v) is 15.8. The third-order valence-electron chi connectivity index (χ3n) is 4.72. The maximum Gasteiger partial charge on any atom is 0.261 e. The number of nitrogens with one attached hydrogen (secondary N) is 1. The molecule has 1 amide bonds. The Balaban J connectivity index is 1.76. The second kappa shape index (κ2) is 6.98. The Labute approximate surface area is 155 Å². The molecule has 140 valence electrons. The van der Waals surface area contributed by atoms with Gasteiger partial charge in [-0.15, -0.1) is 11.3 Å². The first kappa shape index (κ1) is 18.8. The molecular weight excluding hydrogens is 379 g/mol. The van der Waals surface area contributed by atoms with Gasteiger partial charge >= 0.3 is 0 Å². The Kier molecular flexibility index (Phi) is 5.05. The summed E-state index contributed by atoms with van der Waals surface area (Å²) in [7, 11) is -2.65. The van der Waals surface area contributed by atoms with Crippen molar-refractivity contribution in [1.29, 1.82) is 0 Å². The number of nitrogens with two attached hydrogens (primary N) is 1. The van der Waals surface area contributed by atoms with Gasteiger partial charge in [0.2, 0.25) is 0 Å². The van der Waals surface area contributed by atoms with Crippen molar-refractivity contribution in [2.45, 2.75) is 28.9 Å². The summed E-state index contributed by atoms with van der Waals surface area (Å²) in [6.45, 7) is 0.391. The van der Waals surface area contributed by atoms with E-state index in [1.807, 2.05) is 0 Å². The SMILES string of the molecule is COc1cc(C(=O)NCC2(c3ccc(F)cc3)CCC2)sc1S(N)(=O)=O. The van der Waals surface area contributed by atoms with E-state index in [-0.39, 0.29) is 26.1 Å². The highest BCUT2D eigenvalue weighted by atomic mass is 32.2. The number of thiophene rings is 1. The number of primary sulfonamides is 1. The molecule has 26 heavy (non-hydrogen) atoms. The fourth-order valence-corrected chi connectivity index (χ4v) is 5.05. The molecule has 0 atom stereocenters. The van der Waals surface area contributed by atoms with E-state index in [4.69, 9.17) is 9.88 Å². The summed E-state index contributed by atoms with van der Waals surface area (Å²) in [6.07, 6.45) is 2.83. The number of amides is 1. The molecular formula is C17H19FN2O4S2. The molecule has 1 aromatic heterocycles. The highest BCUT2D eigenvalue weighted by molar-refractivity contribution is 7.91. The van der Waals surface area contributed by atoms with Crippen LogP contribution < -0.4 is 15.2 Å². The Morgan fingerprint density at radius 1 is 1.35 bits per heavy atom. The minimum atomic E-state index is -3.96. The molecule has 1 saturated carbocycles. The molecule has 1 heterocycles. The Hall–Kier alpha value is -1.97. The first-order chi connectivity index (χ1) is 12.2. The number of ether oxygens (including phenoxy) is 1. The van der Waals surface area contributed by atoms with Crippen molar-refractivity contribution in [3.8, 4) is 5.75 Å². The minimum absolute atomic E-state index is 0.0551. The second-order valence-electron chi connectivity index (χ2n) is 6.33. The minimum Gasteiger partial charge on any atom is -0.494 e. The van der Waals surface area contributed by atoms with Crippen molar-refractivity contribution in [2.75, 3.05) is 13.7 Å². The largest absolute Gasteiger partial charge is 0.494 e. The number of hydrogen-bond donors (Lipinski definition) is 2. The van der Waals surface area contributed by atoms with Crippen LogP contribution >= 0.6 is 11.3 Å². The lowest BCUT2D eigenvalue weighted by molar-refractivity contribution is 0.0931. The van der Waals surface area contributed by atoms with Crippen molar-refractivity contribution < 1.29 is 22.3 Å². The molecule has 0 saturated heterocycles. The van der Waals surface area contributed by atoms with Crippen LogP contribution in [0.5, 0.6) is 5.75 Å². The van der Waals surface area contributed by atoms with Crippen LogP contribution in [0.15, 0.2) is 34.5 Å². The van der Waals surface area contributed by atoms with Crippen molar-refractivity contribution in [1.82, 2.24) is 5.32 Å². The highest BCUT2D eigenvalue weighted by Gasteiger charge is 2.39. The van der Waals surface area contributed by atoms with Gasteiger partial charge < -0.3 is 10.1 Å². The van der Waals surface area contributed by atoms with Crippen LogP contribution in [-0.4, -0.2) is 28.0 Å². The van der Waals surface area contributed by atoms with Crippen molar-refractivity contribution >= 4 is 27.3 Å². The van der Waals surface area contributed by atoms with Crippen LogP contribution in [-0.2, 0) is 15.4 Å². The second-order valence-corrected chi connectivity index (χ2v) is 9.14. The summed E-state index contributed by atoms with van der Waals surface area (Å²) >= 11 is 0.774. The Morgan fingerprint density at radius 3 is 2.46 bits per heavy atom. The number of benzene rings is 1. The lowest BCUT2D eigenvalue weighted by atomic mass is 9.64. The first-order valence-corrected chi connectivity index (χ1v) is 10.4. The van der Waals surface area contributed by atoms with Crippen LogP contribution in [0.2, 0.25) is 0 Å². The quantitative estimate of drug-likeness (QED) is 0.781. The first-order valence-electron chi connectivity index (χ1n) is 8.00. The maximum absolute atomic E-state index is 13.2. The van der Waals surface area contributed by atoms with Crippen molar-refractivity contribution in [3.63, 3.8) is 0 Å². The molecule has 1 aliphatic carbocycles. The van der Waals surface area contributed by atoms with Gasteiger partial charge in [-0.1, -0.05) is 18.6 Å². The van der Waals surface area contributed by atoms with Gasteiger partial charge in [0, 0.05) is 18.0 Å². The number of carbonyl (C=O) groups is 1. The number of rotatable bonds is 6. The third-order valence-corrected chi connectivity index (χ3v) is 7.30. The predicted molar refractivity (Wildman–Crippen MR) is 96.5 cm³/mol. The average molecular weight is 398 g/mol. The van der Waals surface area contributed by atoms with E-state index in [9.17, 15) is 17.6 Å². The summed E-state index contributed by atoms with van der Waals surface area (Å²) in [4.78, 5) is 12.7. The van der Waals surface area contributed by atoms with Crippen molar-refractivity contribution in [2.24, 2.45) is 5.14 Å². The highest BCUT2D eigenvalue weighted by Crippen LogP contribution is 2.43. The monoisotopic (exact) mass is 398 g/mol. The van der Waals surface area contributed by atoms with Gasteiger partial charge in [-0.2, -0.15) is 0 Å². The molecule has 3 rings (SSSR count). The van der Waals surface area contributed by atoms with E-state index < -0.39 is 15.9 Å². The van der Waals surface area contributed by atoms with Crippen molar-refractivity contribution in [3.05, 3.63) is 46.6 Å². The van der Waals surface area contributed by atoms with Gasteiger partial charge in [0.15, 0.2) is 9.96 Å². The van der Waals surface area contributed by atoms with E-state index in [1.54, 1.807) is 12.1 Å². The molecule has 9 heteroatoms. The van der Waals surface area contributed by atoms with Gasteiger partial charge in [-0.3, -0.25) is 4.79 Å². The molecule has 1 aromatic carbocycles. The predicted octanol–water partition coefficient (Wildman–Crippen LogP) is 2.39. The average Bonchev–Trinajstić information content (AvgIpc) is 3.00. The number of carbonyl (C=O) groups excluding carboxylic acids is 1. The lowest BCUT2D eigenvalue weighted by Gasteiger charge is -2.42. The van der Waals surface area contributed by atoms with Gasteiger partial charge in [-0.25, -0.2) is 17.9 Å². The molecule has 0 aliphatic heterocycles. The number of sulfonamides is 1. The van der Waals surface area contributed by atoms with E-state index in [2.05, 4.69) is 5.32 Å². The van der Waals surface area contributed by atoms with Gasteiger partial charge in [0.25, 0.3) is 15.9 Å². The topological polar surface area (TPSA) is 98.5 Å². The molecule has 2 aromatic rings. The van der Waals surface area contributed by atoms with E-state index in [0.717, 1.165) is 36.2 Å². The fraction of sp³-hybridized carbons (Fsp3) is 0.353. The summed E-state index contributed by atoms with van der Waals surface area (Å²) in [5.41, 5.74) is 0.771. The molecule has 1 aliphatic rings. The summed E-state index contributed by atoms with van der Waals surface area (Å²) < 4.78 is 41.1. The van der Waals surface area contributed by atoms with Gasteiger partial charge in [-0.05, 0) is 30.5 Å². The smallest absolute Gasteiger partial charge is 0.261 e. The standard InChI is InChI=1S/C17H19FN2O4S2/c1-24-13-9-14(25-16(13)26(19,22)23)15(21)20-10-17(7-2-8-17)11-3-5-12(18)6-4-11/h3-6,9H,2,7-8,10H2,1H3,(H,20,21)(H2,19,22,23). The molecule has 0 bridgehead atoms. The van der Waals surface area contributed by atoms with Crippen LogP contribution in [0, 0.1) is 5.82 Å². The number of methoxy groups -OCH3 is 1. The summed E-state index contributed by atoms with van der Waals surface area (Å²) in [5, 5.41) is 8.01. The molecule has 3 N–H and O–H groups in total. The normalized spacial score (nSPS) is 16.0. The van der Waals surface area contributed by atoms with Crippen LogP contribution in [0.25, 0.3) is 0 Å². The zero-order chi connectivity index (χ0) is 18.9. The third kappa shape index (κ3) is 3.60. The van der Waals surface area contributed by atoms with Crippen LogP contribution in [0.4, 0.5) is 4.39 Å². The summed E-state index contributed by atoms with van der Waals surface area (Å²) in [6, 6.07) is 7.69. The van der Waals surface area contributed by atoms with Gasteiger partial charge in [0.1, 0.15) is 5.82 Å². The molecule has 0 radical (unpaired) electrons. The molecule has 0 spiro atoms. The Morgan fingerprint density at radius 2 is 2.00 bits per heavy atom. The van der Waals surface area contributed by atoms with Crippen LogP contribution in [0.3, 0.4) is 0 Å². The lowest BCUT2D eigenvalue weighted by Crippen LogP contribution is -2.45. The van der Waals surface area contributed by atoms with E-state index in [0.29, 0.717) is 6.54 Å².